The van der Waals surface area contributed by atoms with Crippen LogP contribution in [0.5, 0.6) is 5.75 Å². The second-order valence-corrected chi connectivity index (χ2v) is 7.69. The number of nitrogens with two attached hydrogens (primary N) is 1. The van der Waals surface area contributed by atoms with Crippen LogP contribution in [0.3, 0.4) is 0 Å². The van der Waals surface area contributed by atoms with E-state index in [2.05, 4.69) is 35.8 Å². The summed E-state index contributed by atoms with van der Waals surface area (Å²) >= 11 is 1.50. The van der Waals surface area contributed by atoms with E-state index in [1.165, 1.54) is 31.0 Å². The monoisotopic (exact) mass is 413 g/mol. The van der Waals surface area contributed by atoms with Crippen molar-refractivity contribution in [2.75, 3.05) is 18.2 Å². The molecule has 1 saturated carbocycles. The first-order valence-corrected chi connectivity index (χ1v) is 10.5. The number of nitrogens with one attached hydrogen (secondary N) is 1. The number of aromatic nitrogens is 7. The average molecular weight is 414 g/mol. The Bertz CT molecular complexity index is 958. The molecule has 1 fully saturated rings. The van der Waals surface area contributed by atoms with E-state index in [4.69, 9.17) is 10.5 Å². The summed E-state index contributed by atoms with van der Waals surface area (Å²) in [7, 11) is 1.61. The maximum atomic E-state index is 5.89. The van der Waals surface area contributed by atoms with Crippen molar-refractivity contribution in [3.8, 4) is 5.75 Å². The third-order valence-corrected chi connectivity index (χ3v) is 5.70. The first-order chi connectivity index (χ1) is 14.2. The van der Waals surface area contributed by atoms with Crippen molar-refractivity contribution >= 4 is 29.3 Å². The number of ether oxygens (including phenoxy) is 1. The van der Waals surface area contributed by atoms with Crippen molar-refractivity contribution in [3.05, 3.63) is 30.1 Å². The molecule has 0 saturated heterocycles. The molecule has 1 aliphatic rings. The Morgan fingerprint density at radius 3 is 2.83 bits per heavy atom. The fourth-order valence-corrected chi connectivity index (χ4v) is 4.19. The predicted molar refractivity (Wildman–Crippen MR) is 110 cm³/mol. The standard InChI is InChI=1S/C18H23N9OS/c1-28-14-10-6-5-9-13(14)20-17-22-15(21-16(19)23-17)11-29-18-24-25-26-27(18)12-7-3-2-4-8-12/h5-6,9-10,12H,2-4,7-8,11H2,1H3,(H3,19,20,21,22,23). The largest absolute Gasteiger partial charge is 0.495 e. The van der Waals surface area contributed by atoms with Gasteiger partial charge in [0.1, 0.15) is 11.6 Å². The van der Waals surface area contributed by atoms with Crippen LogP contribution in [0.25, 0.3) is 0 Å². The van der Waals surface area contributed by atoms with Gasteiger partial charge in [0, 0.05) is 0 Å². The summed E-state index contributed by atoms with van der Waals surface area (Å²) in [4.78, 5) is 12.9. The lowest BCUT2D eigenvalue weighted by Crippen LogP contribution is -2.15. The van der Waals surface area contributed by atoms with Crippen molar-refractivity contribution in [1.29, 1.82) is 0 Å². The summed E-state index contributed by atoms with van der Waals surface area (Å²) in [5, 5.41) is 16.1. The topological polar surface area (TPSA) is 130 Å². The number of nitrogen functional groups attached to an aromatic ring is 1. The number of tetrazole rings is 1. The predicted octanol–water partition coefficient (Wildman–Crippen LogP) is 2.99. The number of thioether (sulfide) groups is 1. The molecule has 2 heterocycles. The fourth-order valence-electron chi connectivity index (χ4n) is 3.39. The van der Waals surface area contributed by atoms with Gasteiger partial charge in [0.2, 0.25) is 17.1 Å². The minimum Gasteiger partial charge on any atom is -0.495 e. The van der Waals surface area contributed by atoms with Crippen LogP contribution >= 0.6 is 11.8 Å². The van der Waals surface area contributed by atoms with Gasteiger partial charge in [-0.25, -0.2) is 4.68 Å². The lowest BCUT2D eigenvalue weighted by Gasteiger charge is -2.21. The maximum absolute atomic E-state index is 5.89. The van der Waals surface area contributed by atoms with Crippen molar-refractivity contribution in [2.24, 2.45) is 0 Å². The number of benzene rings is 1. The van der Waals surface area contributed by atoms with E-state index in [1.807, 2.05) is 28.9 Å². The Morgan fingerprint density at radius 1 is 1.17 bits per heavy atom. The minimum atomic E-state index is 0.153. The Hall–Kier alpha value is -2.95. The van der Waals surface area contributed by atoms with Crippen molar-refractivity contribution in [2.45, 2.75) is 49.1 Å². The van der Waals surface area contributed by atoms with E-state index in [0.29, 0.717) is 29.3 Å². The summed E-state index contributed by atoms with van der Waals surface area (Å²) in [5.41, 5.74) is 6.64. The third kappa shape index (κ3) is 4.73. The van der Waals surface area contributed by atoms with E-state index < -0.39 is 0 Å². The minimum absolute atomic E-state index is 0.153. The Balaban J connectivity index is 1.47. The molecule has 0 amide bonds. The Kier molecular flexibility index (Phi) is 6.03. The fraction of sp³-hybridized carbons (Fsp3) is 0.444. The van der Waals surface area contributed by atoms with Crippen LogP contribution in [-0.2, 0) is 5.75 Å². The zero-order valence-corrected chi connectivity index (χ0v) is 17.0. The SMILES string of the molecule is COc1ccccc1Nc1nc(N)nc(CSc2nnnn2C2CCCCC2)n1. The summed E-state index contributed by atoms with van der Waals surface area (Å²) in [6.07, 6.45) is 5.95. The summed E-state index contributed by atoms with van der Waals surface area (Å²) in [6, 6.07) is 7.90. The number of nitrogens with zero attached hydrogens (tertiary/aromatic N) is 7. The normalized spacial score (nSPS) is 14.7. The molecule has 3 N–H and O–H groups in total. The number of anilines is 3. The van der Waals surface area contributed by atoms with Crippen LogP contribution < -0.4 is 15.8 Å². The summed E-state index contributed by atoms with van der Waals surface area (Å²) < 4.78 is 7.28. The van der Waals surface area contributed by atoms with Crippen molar-refractivity contribution in [1.82, 2.24) is 35.2 Å². The quantitative estimate of drug-likeness (QED) is 0.557. The number of para-hydroxylation sites is 2. The molecule has 29 heavy (non-hydrogen) atoms. The highest BCUT2D eigenvalue weighted by Gasteiger charge is 2.20. The van der Waals surface area contributed by atoms with Gasteiger partial charge in [0.25, 0.3) is 0 Å². The first kappa shape index (κ1) is 19.4. The number of rotatable bonds is 7. The Morgan fingerprint density at radius 2 is 2.00 bits per heavy atom. The average Bonchev–Trinajstić information content (AvgIpc) is 3.22. The molecule has 0 bridgehead atoms. The molecule has 152 valence electrons. The van der Waals surface area contributed by atoms with Gasteiger partial charge in [-0.2, -0.15) is 15.0 Å². The van der Waals surface area contributed by atoms with Gasteiger partial charge in [-0.15, -0.1) is 5.10 Å². The van der Waals surface area contributed by atoms with Crippen LogP contribution in [0.2, 0.25) is 0 Å². The van der Waals surface area contributed by atoms with Gasteiger partial charge in [-0.3, -0.25) is 0 Å². The van der Waals surface area contributed by atoms with E-state index in [1.54, 1.807) is 7.11 Å². The number of hydrogen-bond acceptors (Lipinski definition) is 10. The number of hydrogen-bond donors (Lipinski definition) is 2. The molecule has 1 aromatic carbocycles. The van der Waals surface area contributed by atoms with E-state index in [0.717, 1.165) is 23.7 Å². The molecule has 1 aliphatic carbocycles. The molecule has 10 nitrogen and oxygen atoms in total. The molecular weight excluding hydrogens is 390 g/mol. The van der Waals surface area contributed by atoms with Crippen molar-refractivity contribution in [3.63, 3.8) is 0 Å². The molecule has 3 aromatic rings. The van der Waals surface area contributed by atoms with Crippen LogP contribution in [0.4, 0.5) is 17.6 Å². The molecular formula is C18H23N9OS. The van der Waals surface area contributed by atoms with Crippen molar-refractivity contribution < 1.29 is 4.74 Å². The van der Waals surface area contributed by atoms with Gasteiger partial charge < -0.3 is 15.8 Å². The second kappa shape index (κ2) is 9.03. The van der Waals surface area contributed by atoms with Crippen LogP contribution in [0.1, 0.15) is 44.0 Å². The van der Waals surface area contributed by atoms with E-state index in [9.17, 15) is 0 Å². The van der Waals surface area contributed by atoms with E-state index in [-0.39, 0.29) is 5.95 Å². The van der Waals surface area contributed by atoms with Gasteiger partial charge in [0.05, 0.1) is 24.6 Å². The molecule has 4 rings (SSSR count). The Labute approximate surface area is 172 Å². The van der Waals surface area contributed by atoms with E-state index >= 15 is 0 Å². The smallest absolute Gasteiger partial charge is 0.232 e. The highest BCUT2D eigenvalue weighted by Crippen LogP contribution is 2.31. The molecule has 11 heteroatoms. The lowest BCUT2D eigenvalue weighted by molar-refractivity contribution is 0.307. The van der Waals surface area contributed by atoms with Crippen LogP contribution in [-0.4, -0.2) is 42.3 Å². The van der Waals surface area contributed by atoms with Gasteiger partial charge >= 0.3 is 0 Å². The maximum Gasteiger partial charge on any atom is 0.232 e. The number of methoxy groups -OCH3 is 1. The van der Waals surface area contributed by atoms with Gasteiger partial charge in [0.15, 0.2) is 0 Å². The second-order valence-electron chi connectivity index (χ2n) is 6.75. The highest BCUT2D eigenvalue weighted by molar-refractivity contribution is 7.98. The highest BCUT2D eigenvalue weighted by atomic mass is 32.2. The zero-order chi connectivity index (χ0) is 20.1. The van der Waals surface area contributed by atoms with Crippen LogP contribution in [0.15, 0.2) is 29.4 Å². The lowest BCUT2D eigenvalue weighted by atomic mass is 9.96. The molecule has 0 spiro atoms. The van der Waals surface area contributed by atoms with Crippen LogP contribution in [0, 0.1) is 0 Å². The third-order valence-electron chi connectivity index (χ3n) is 4.77. The molecule has 0 atom stereocenters. The first-order valence-electron chi connectivity index (χ1n) is 9.54. The van der Waals surface area contributed by atoms with Gasteiger partial charge in [-0.05, 0) is 35.4 Å². The molecule has 2 aromatic heterocycles. The molecule has 0 radical (unpaired) electrons. The summed E-state index contributed by atoms with van der Waals surface area (Å²) in [5.74, 6) is 2.25. The molecule has 0 unspecified atom stereocenters. The zero-order valence-electron chi connectivity index (χ0n) is 16.2. The van der Waals surface area contributed by atoms with Gasteiger partial charge in [-0.1, -0.05) is 43.2 Å². The summed E-state index contributed by atoms with van der Waals surface area (Å²) in [6.45, 7) is 0. The molecule has 0 aliphatic heterocycles.